The van der Waals surface area contributed by atoms with Crippen molar-refractivity contribution >= 4 is 23.5 Å². The molecule has 9 nitrogen and oxygen atoms in total. The molecule has 0 bridgehead atoms. The Morgan fingerprint density at radius 3 is 2.81 bits per heavy atom. The van der Waals surface area contributed by atoms with Crippen molar-refractivity contribution in [2.75, 3.05) is 31.9 Å². The first kappa shape index (κ1) is 18.1. The van der Waals surface area contributed by atoms with E-state index in [2.05, 4.69) is 4.98 Å². The van der Waals surface area contributed by atoms with E-state index in [1.165, 1.54) is 34.2 Å². The number of hydrogen-bond acceptors (Lipinski definition) is 8. The normalized spacial score (nSPS) is 13.8. The summed E-state index contributed by atoms with van der Waals surface area (Å²) in [6.07, 6.45) is 1.64. The summed E-state index contributed by atoms with van der Waals surface area (Å²) in [6, 6.07) is 0. The SMILES string of the molecule is COCCN1CN(Cc2csc(C)n2)n2cc(C=O)c(=O)c(O)c2C1=O. The number of carbonyl (C=O) groups is 2. The molecule has 10 heteroatoms. The topological polar surface area (TPSA) is 105 Å². The van der Waals surface area contributed by atoms with Crippen molar-refractivity contribution in [3.05, 3.63) is 43.8 Å². The van der Waals surface area contributed by atoms with Gasteiger partial charge in [0.15, 0.2) is 17.7 Å². The molecule has 3 rings (SSSR count). The van der Waals surface area contributed by atoms with Gasteiger partial charge < -0.3 is 14.7 Å². The van der Waals surface area contributed by atoms with Crippen molar-refractivity contribution in [3.63, 3.8) is 0 Å². The summed E-state index contributed by atoms with van der Waals surface area (Å²) in [5, 5.41) is 14.8. The average Bonchev–Trinajstić information content (AvgIpc) is 3.03. The van der Waals surface area contributed by atoms with E-state index in [-0.39, 0.29) is 17.9 Å². The van der Waals surface area contributed by atoms with Gasteiger partial charge in [0.05, 0.1) is 29.4 Å². The van der Waals surface area contributed by atoms with Crippen LogP contribution in [0.4, 0.5) is 0 Å². The highest BCUT2D eigenvalue weighted by molar-refractivity contribution is 7.09. The number of carbonyl (C=O) groups excluding carboxylic acids is 2. The van der Waals surface area contributed by atoms with E-state index in [4.69, 9.17) is 4.74 Å². The number of methoxy groups -OCH3 is 1. The van der Waals surface area contributed by atoms with Crippen LogP contribution >= 0.6 is 11.3 Å². The minimum absolute atomic E-state index is 0.171. The van der Waals surface area contributed by atoms with E-state index in [9.17, 15) is 19.5 Å². The number of fused-ring (bicyclic) bond motifs is 1. The Kier molecular flexibility index (Phi) is 5.05. The molecule has 1 amide bonds. The van der Waals surface area contributed by atoms with E-state index in [1.807, 2.05) is 12.3 Å². The van der Waals surface area contributed by atoms with Gasteiger partial charge in [-0.1, -0.05) is 0 Å². The fraction of sp³-hybridized carbons (Fsp3) is 0.375. The third-order valence-electron chi connectivity index (χ3n) is 4.02. The highest BCUT2D eigenvalue weighted by Crippen LogP contribution is 2.22. The first-order valence-electron chi connectivity index (χ1n) is 7.84. The smallest absolute Gasteiger partial charge is 0.277 e. The van der Waals surface area contributed by atoms with Crippen LogP contribution in [-0.2, 0) is 11.3 Å². The van der Waals surface area contributed by atoms with Gasteiger partial charge in [-0.2, -0.15) is 0 Å². The van der Waals surface area contributed by atoms with Gasteiger partial charge in [-0.15, -0.1) is 11.3 Å². The fourth-order valence-corrected chi connectivity index (χ4v) is 3.36. The monoisotopic (exact) mass is 378 g/mol. The lowest BCUT2D eigenvalue weighted by atomic mass is 10.2. The van der Waals surface area contributed by atoms with Gasteiger partial charge in [-0.05, 0) is 6.92 Å². The van der Waals surface area contributed by atoms with Gasteiger partial charge in [-0.25, -0.2) is 4.98 Å². The molecule has 2 aromatic heterocycles. The number of aromatic hydroxyl groups is 1. The van der Waals surface area contributed by atoms with Gasteiger partial charge in [0.2, 0.25) is 5.43 Å². The van der Waals surface area contributed by atoms with Crippen molar-refractivity contribution in [3.8, 4) is 5.75 Å². The molecule has 0 unspecified atom stereocenters. The maximum absolute atomic E-state index is 12.7. The number of aryl methyl sites for hydroxylation is 1. The van der Waals surface area contributed by atoms with Crippen LogP contribution in [-0.4, -0.2) is 58.8 Å². The van der Waals surface area contributed by atoms with Crippen molar-refractivity contribution in [2.45, 2.75) is 13.5 Å². The highest BCUT2D eigenvalue weighted by atomic mass is 32.1. The van der Waals surface area contributed by atoms with E-state index in [1.54, 1.807) is 5.01 Å². The molecule has 0 aromatic carbocycles. The van der Waals surface area contributed by atoms with Crippen LogP contribution < -0.4 is 10.4 Å². The summed E-state index contributed by atoms with van der Waals surface area (Å²) in [5.41, 5.74) is -0.471. The number of aldehydes is 1. The predicted molar refractivity (Wildman–Crippen MR) is 94.3 cm³/mol. The second-order valence-electron chi connectivity index (χ2n) is 5.80. The third-order valence-corrected chi connectivity index (χ3v) is 4.85. The van der Waals surface area contributed by atoms with Crippen molar-refractivity contribution in [1.29, 1.82) is 0 Å². The molecule has 0 aliphatic carbocycles. The van der Waals surface area contributed by atoms with Crippen LogP contribution in [0.25, 0.3) is 0 Å². The Bertz CT molecular complexity index is 907. The number of aromatic nitrogens is 2. The van der Waals surface area contributed by atoms with Gasteiger partial charge >= 0.3 is 0 Å². The van der Waals surface area contributed by atoms with Gasteiger partial charge in [0.1, 0.15) is 6.67 Å². The number of thiazole rings is 1. The number of nitrogens with zero attached hydrogens (tertiary/aromatic N) is 4. The zero-order chi connectivity index (χ0) is 18.8. The maximum Gasteiger partial charge on any atom is 0.277 e. The number of hydrogen-bond donors (Lipinski definition) is 1. The van der Waals surface area contributed by atoms with E-state index >= 15 is 0 Å². The minimum atomic E-state index is -0.863. The molecule has 0 atom stereocenters. The molecular formula is C16H18N4O5S. The van der Waals surface area contributed by atoms with E-state index in [0.29, 0.717) is 26.0 Å². The van der Waals surface area contributed by atoms with Crippen LogP contribution in [0.2, 0.25) is 0 Å². The van der Waals surface area contributed by atoms with Crippen LogP contribution in [0.15, 0.2) is 16.4 Å². The summed E-state index contributed by atoms with van der Waals surface area (Å²) in [7, 11) is 1.52. The van der Waals surface area contributed by atoms with E-state index in [0.717, 1.165) is 10.7 Å². The van der Waals surface area contributed by atoms with Crippen LogP contribution in [0.1, 0.15) is 31.5 Å². The Morgan fingerprint density at radius 1 is 1.42 bits per heavy atom. The summed E-state index contributed by atoms with van der Waals surface area (Å²) in [4.78, 5) is 41.8. The average molecular weight is 378 g/mol. The first-order valence-corrected chi connectivity index (χ1v) is 8.72. The largest absolute Gasteiger partial charge is 0.502 e. The van der Waals surface area contributed by atoms with Gasteiger partial charge in [0, 0.05) is 25.2 Å². The number of ether oxygens (including phenoxy) is 1. The lowest BCUT2D eigenvalue weighted by Crippen LogP contribution is -2.54. The van der Waals surface area contributed by atoms with Crippen LogP contribution in [0.3, 0.4) is 0 Å². The molecule has 3 heterocycles. The number of pyridine rings is 1. The zero-order valence-corrected chi connectivity index (χ0v) is 15.2. The Hall–Kier alpha value is -2.72. The van der Waals surface area contributed by atoms with Crippen molar-refractivity contribution < 1.29 is 19.4 Å². The minimum Gasteiger partial charge on any atom is -0.502 e. The number of rotatable bonds is 6. The Balaban J connectivity index is 2.08. The molecule has 1 aliphatic heterocycles. The Morgan fingerprint density at radius 2 is 2.19 bits per heavy atom. The zero-order valence-electron chi connectivity index (χ0n) is 14.3. The van der Waals surface area contributed by atoms with Crippen molar-refractivity contribution in [1.82, 2.24) is 14.6 Å². The summed E-state index contributed by atoms with van der Waals surface area (Å²) >= 11 is 1.50. The molecule has 1 N–H and O–H groups in total. The summed E-state index contributed by atoms with van der Waals surface area (Å²) in [5.74, 6) is -1.24. The first-order chi connectivity index (χ1) is 12.5. The molecule has 1 aliphatic rings. The molecule has 0 spiro atoms. The standard InChI is InChI=1S/C16H18N4O5S/c1-10-17-12(8-26-10)6-19-9-18(3-4-25-2)16(24)13-15(23)14(22)11(7-21)5-20(13)19/h5,7-8,23H,3-4,6,9H2,1-2H3. The molecule has 2 aromatic rings. The van der Waals surface area contributed by atoms with E-state index < -0.39 is 17.1 Å². The second kappa shape index (κ2) is 7.26. The molecule has 0 saturated heterocycles. The number of amides is 1. The van der Waals surface area contributed by atoms with Gasteiger partial charge in [0.25, 0.3) is 5.91 Å². The molecule has 138 valence electrons. The lowest BCUT2D eigenvalue weighted by Gasteiger charge is -2.39. The molecule has 26 heavy (non-hydrogen) atoms. The van der Waals surface area contributed by atoms with Crippen molar-refractivity contribution in [2.24, 2.45) is 0 Å². The van der Waals surface area contributed by atoms with Crippen LogP contribution in [0.5, 0.6) is 5.75 Å². The fourth-order valence-electron chi connectivity index (χ4n) is 2.76. The Labute approximate surface area is 153 Å². The summed E-state index contributed by atoms with van der Waals surface area (Å²) < 4.78 is 6.39. The highest BCUT2D eigenvalue weighted by Gasteiger charge is 2.33. The molecule has 0 radical (unpaired) electrons. The predicted octanol–water partition coefficient (Wildman–Crippen LogP) is 0.329. The van der Waals surface area contributed by atoms with Gasteiger partial charge in [-0.3, -0.25) is 24.1 Å². The quantitative estimate of drug-likeness (QED) is 0.722. The van der Waals surface area contributed by atoms with Crippen LogP contribution in [0, 0.1) is 6.92 Å². The maximum atomic E-state index is 12.7. The second-order valence-corrected chi connectivity index (χ2v) is 6.86. The molecule has 0 fully saturated rings. The third kappa shape index (κ3) is 3.20. The molecule has 0 saturated carbocycles. The summed E-state index contributed by atoms with van der Waals surface area (Å²) in [6.45, 7) is 3.04. The molecular weight excluding hydrogens is 360 g/mol. The lowest BCUT2D eigenvalue weighted by molar-refractivity contribution is 0.0619.